The summed E-state index contributed by atoms with van der Waals surface area (Å²) in [6.45, 7) is 4.46. The number of rotatable bonds is 4. The lowest BCUT2D eigenvalue weighted by molar-refractivity contribution is -0.0527. The molecular formula is C15H22FN3O2. The minimum absolute atomic E-state index is 0.0869. The second-order valence-electron chi connectivity index (χ2n) is 5.80. The zero-order valence-corrected chi connectivity index (χ0v) is 12.5. The highest BCUT2D eigenvalue weighted by Crippen LogP contribution is 2.25. The number of hydrogen-bond acceptors (Lipinski definition) is 4. The van der Waals surface area contributed by atoms with Gasteiger partial charge in [0.2, 0.25) is 0 Å². The van der Waals surface area contributed by atoms with Gasteiger partial charge in [0.15, 0.2) is 5.84 Å². The first-order chi connectivity index (χ1) is 9.95. The van der Waals surface area contributed by atoms with E-state index in [0.29, 0.717) is 12.1 Å². The molecule has 1 fully saturated rings. The summed E-state index contributed by atoms with van der Waals surface area (Å²) in [5.41, 5.74) is 6.57. The van der Waals surface area contributed by atoms with Crippen LogP contribution in [-0.2, 0) is 11.3 Å². The quantitative estimate of drug-likeness (QED) is 0.385. The molecule has 1 aromatic rings. The molecule has 0 spiro atoms. The van der Waals surface area contributed by atoms with Crippen molar-refractivity contribution in [2.75, 3.05) is 20.2 Å². The first-order valence-corrected chi connectivity index (χ1v) is 7.01. The molecule has 1 saturated heterocycles. The van der Waals surface area contributed by atoms with Gasteiger partial charge in [-0.2, -0.15) is 0 Å². The third-order valence-electron chi connectivity index (χ3n) is 4.00. The molecule has 1 aliphatic heterocycles. The number of piperidine rings is 1. The maximum Gasteiger partial charge on any atom is 0.170 e. The molecule has 1 unspecified atom stereocenters. The fraction of sp³-hybridized carbons (Fsp3) is 0.533. The second-order valence-corrected chi connectivity index (χ2v) is 5.80. The number of amidine groups is 1. The van der Waals surface area contributed by atoms with Crippen molar-refractivity contribution >= 4 is 5.84 Å². The third-order valence-corrected chi connectivity index (χ3v) is 4.00. The Morgan fingerprint density at radius 1 is 1.52 bits per heavy atom. The maximum atomic E-state index is 13.7. The molecule has 1 heterocycles. The van der Waals surface area contributed by atoms with Crippen LogP contribution in [0.4, 0.5) is 4.39 Å². The van der Waals surface area contributed by atoms with E-state index in [4.69, 9.17) is 15.7 Å². The number of ether oxygens (including phenoxy) is 1. The fourth-order valence-electron chi connectivity index (χ4n) is 2.81. The molecule has 0 aliphatic carbocycles. The Morgan fingerprint density at radius 2 is 2.29 bits per heavy atom. The van der Waals surface area contributed by atoms with E-state index in [1.54, 1.807) is 13.2 Å². The summed E-state index contributed by atoms with van der Waals surface area (Å²) in [5, 5.41) is 11.6. The molecule has 21 heavy (non-hydrogen) atoms. The number of likely N-dealkylation sites (tertiary alicyclic amines) is 1. The van der Waals surface area contributed by atoms with E-state index in [1.807, 2.05) is 0 Å². The summed E-state index contributed by atoms with van der Waals surface area (Å²) in [6.07, 6.45) is 2.07. The van der Waals surface area contributed by atoms with Crippen LogP contribution >= 0.6 is 0 Å². The Bertz CT molecular complexity index is 536. The topological polar surface area (TPSA) is 71.1 Å². The molecule has 0 aromatic heterocycles. The van der Waals surface area contributed by atoms with Crippen molar-refractivity contribution in [2.24, 2.45) is 10.9 Å². The average molecular weight is 295 g/mol. The lowest BCUT2D eigenvalue weighted by Crippen LogP contribution is -2.46. The molecule has 1 atom stereocenters. The zero-order valence-electron chi connectivity index (χ0n) is 12.5. The van der Waals surface area contributed by atoms with Gasteiger partial charge in [-0.3, -0.25) is 4.90 Å². The summed E-state index contributed by atoms with van der Waals surface area (Å²) < 4.78 is 19.2. The fourth-order valence-corrected chi connectivity index (χ4v) is 2.81. The van der Waals surface area contributed by atoms with E-state index >= 15 is 0 Å². The SMILES string of the molecule is COC1(C)CCCN(Cc2cc(F)cc(/C(N)=N/O)c2)C1. The highest BCUT2D eigenvalue weighted by atomic mass is 19.1. The zero-order chi connectivity index (χ0) is 15.5. The van der Waals surface area contributed by atoms with Crippen LogP contribution in [0.15, 0.2) is 23.4 Å². The lowest BCUT2D eigenvalue weighted by Gasteiger charge is -2.39. The molecule has 1 aromatic carbocycles. The molecule has 6 heteroatoms. The molecule has 3 N–H and O–H groups in total. The second kappa shape index (κ2) is 6.41. The van der Waals surface area contributed by atoms with Gasteiger partial charge >= 0.3 is 0 Å². The molecule has 0 radical (unpaired) electrons. The standard InChI is InChI=1S/C15H22FN3O2/c1-15(21-2)4-3-5-19(10-15)9-11-6-12(14(17)18-20)8-13(16)7-11/h6-8,20H,3-5,9-10H2,1-2H3,(H2,17,18). The van der Waals surface area contributed by atoms with Crippen molar-refractivity contribution in [3.63, 3.8) is 0 Å². The summed E-state index contributed by atoms with van der Waals surface area (Å²) in [4.78, 5) is 2.23. The third kappa shape index (κ3) is 3.92. The van der Waals surface area contributed by atoms with Gasteiger partial charge in [-0.25, -0.2) is 4.39 Å². The van der Waals surface area contributed by atoms with Crippen molar-refractivity contribution in [2.45, 2.75) is 31.9 Å². The number of methoxy groups -OCH3 is 1. The number of nitrogens with two attached hydrogens (primary N) is 1. The van der Waals surface area contributed by atoms with Crippen molar-refractivity contribution in [1.82, 2.24) is 4.90 Å². The van der Waals surface area contributed by atoms with Crippen LogP contribution in [0.25, 0.3) is 0 Å². The van der Waals surface area contributed by atoms with Crippen LogP contribution in [0, 0.1) is 5.82 Å². The van der Waals surface area contributed by atoms with Crippen LogP contribution in [0.3, 0.4) is 0 Å². The number of oxime groups is 1. The summed E-state index contributed by atoms with van der Waals surface area (Å²) in [5.74, 6) is -0.475. The largest absolute Gasteiger partial charge is 0.409 e. The van der Waals surface area contributed by atoms with Crippen molar-refractivity contribution in [3.8, 4) is 0 Å². The van der Waals surface area contributed by atoms with Crippen molar-refractivity contribution < 1.29 is 14.3 Å². The van der Waals surface area contributed by atoms with E-state index < -0.39 is 0 Å². The highest BCUT2D eigenvalue weighted by Gasteiger charge is 2.30. The number of hydrogen-bond donors (Lipinski definition) is 2. The van der Waals surface area contributed by atoms with Crippen LogP contribution in [0.2, 0.25) is 0 Å². The van der Waals surface area contributed by atoms with E-state index in [0.717, 1.165) is 31.5 Å². The van der Waals surface area contributed by atoms with Crippen LogP contribution in [0.1, 0.15) is 30.9 Å². The average Bonchev–Trinajstić information content (AvgIpc) is 2.46. The molecule has 0 bridgehead atoms. The smallest absolute Gasteiger partial charge is 0.170 e. The minimum atomic E-state index is -0.388. The van der Waals surface area contributed by atoms with Crippen molar-refractivity contribution in [1.29, 1.82) is 0 Å². The molecular weight excluding hydrogens is 273 g/mol. The highest BCUT2D eigenvalue weighted by molar-refractivity contribution is 5.97. The van der Waals surface area contributed by atoms with Crippen LogP contribution in [0.5, 0.6) is 0 Å². The normalized spacial score (nSPS) is 24.2. The molecule has 0 amide bonds. The molecule has 1 aliphatic rings. The van der Waals surface area contributed by atoms with Gasteiger partial charge in [-0.15, -0.1) is 0 Å². The Morgan fingerprint density at radius 3 is 2.95 bits per heavy atom. The van der Waals surface area contributed by atoms with Crippen LogP contribution < -0.4 is 5.73 Å². The molecule has 116 valence electrons. The van der Waals surface area contributed by atoms with Gasteiger partial charge in [0, 0.05) is 25.8 Å². The summed E-state index contributed by atoms with van der Waals surface area (Å²) in [6, 6.07) is 4.48. The van der Waals surface area contributed by atoms with E-state index in [9.17, 15) is 4.39 Å². The van der Waals surface area contributed by atoms with E-state index in [2.05, 4.69) is 17.0 Å². The first kappa shape index (κ1) is 15.7. The Hall–Kier alpha value is -1.66. The summed E-state index contributed by atoms with van der Waals surface area (Å²) in [7, 11) is 1.72. The predicted molar refractivity (Wildman–Crippen MR) is 78.8 cm³/mol. The van der Waals surface area contributed by atoms with E-state index in [-0.39, 0.29) is 17.3 Å². The van der Waals surface area contributed by atoms with Gasteiger partial charge in [-0.1, -0.05) is 5.16 Å². The maximum absolute atomic E-state index is 13.7. The number of halogens is 1. The monoisotopic (exact) mass is 295 g/mol. The van der Waals surface area contributed by atoms with Gasteiger partial charge in [0.25, 0.3) is 0 Å². The Kier molecular flexibility index (Phi) is 4.80. The number of benzene rings is 1. The summed E-state index contributed by atoms with van der Waals surface area (Å²) >= 11 is 0. The van der Waals surface area contributed by atoms with Gasteiger partial charge in [0.05, 0.1) is 5.60 Å². The van der Waals surface area contributed by atoms with Crippen LogP contribution in [-0.4, -0.2) is 41.7 Å². The molecule has 5 nitrogen and oxygen atoms in total. The number of nitrogens with zero attached hydrogens (tertiary/aromatic N) is 2. The predicted octanol–water partition coefficient (Wildman–Crippen LogP) is 1.92. The molecule has 2 rings (SSSR count). The first-order valence-electron chi connectivity index (χ1n) is 7.01. The van der Waals surface area contributed by atoms with Gasteiger partial charge < -0.3 is 15.7 Å². The van der Waals surface area contributed by atoms with Gasteiger partial charge in [-0.05, 0) is 50.1 Å². The minimum Gasteiger partial charge on any atom is -0.409 e. The van der Waals surface area contributed by atoms with Gasteiger partial charge in [0.1, 0.15) is 5.82 Å². The van der Waals surface area contributed by atoms with E-state index in [1.165, 1.54) is 12.1 Å². The Balaban J connectivity index is 2.14. The van der Waals surface area contributed by atoms with Crippen molar-refractivity contribution in [3.05, 3.63) is 35.1 Å². The Labute approximate surface area is 124 Å². The molecule has 0 saturated carbocycles. The lowest BCUT2D eigenvalue weighted by atomic mass is 9.94.